The van der Waals surface area contributed by atoms with Crippen LogP contribution in [0.4, 0.5) is 4.79 Å². The van der Waals surface area contributed by atoms with Crippen LogP contribution in [0, 0.1) is 0 Å². The number of fused-ring (bicyclic) bond motifs is 1. The van der Waals surface area contributed by atoms with Gasteiger partial charge in [0.15, 0.2) is 0 Å². The summed E-state index contributed by atoms with van der Waals surface area (Å²) in [6.07, 6.45) is 3.60. The summed E-state index contributed by atoms with van der Waals surface area (Å²) in [5, 5.41) is 0. The monoisotopic (exact) mass is 236 g/mol. The van der Waals surface area contributed by atoms with Crippen LogP contribution in [0.1, 0.15) is 5.82 Å². The lowest BCUT2D eigenvalue weighted by atomic mass is 10.2. The molecule has 0 spiro atoms. The second-order valence-corrected chi connectivity index (χ2v) is 4.61. The molecule has 3 heterocycles. The van der Waals surface area contributed by atoms with Crippen molar-refractivity contribution in [2.24, 2.45) is 7.05 Å². The zero-order valence-corrected chi connectivity index (χ0v) is 9.87. The third kappa shape index (κ3) is 1.88. The molecule has 6 heteroatoms. The van der Waals surface area contributed by atoms with Crippen molar-refractivity contribution in [3.05, 3.63) is 18.2 Å². The SMILES string of the molecule is Cn1ccnc1CN1CCN2C(=O)OC[C@@H]2C1. The first-order chi connectivity index (χ1) is 8.24. The molecule has 1 amide bonds. The molecule has 92 valence electrons. The molecule has 17 heavy (non-hydrogen) atoms. The lowest BCUT2D eigenvalue weighted by molar-refractivity contribution is 0.113. The molecule has 2 aliphatic rings. The van der Waals surface area contributed by atoms with Gasteiger partial charge in [-0.05, 0) is 0 Å². The molecule has 0 bridgehead atoms. The second-order valence-electron chi connectivity index (χ2n) is 4.61. The average molecular weight is 236 g/mol. The minimum absolute atomic E-state index is 0.161. The molecular weight excluding hydrogens is 220 g/mol. The molecule has 0 saturated carbocycles. The number of carbonyl (C=O) groups excluding carboxylic acids is 1. The summed E-state index contributed by atoms with van der Waals surface area (Å²) in [5.41, 5.74) is 0. The quantitative estimate of drug-likeness (QED) is 0.728. The minimum Gasteiger partial charge on any atom is -0.447 e. The van der Waals surface area contributed by atoms with Crippen LogP contribution in [0.5, 0.6) is 0 Å². The van der Waals surface area contributed by atoms with Gasteiger partial charge in [-0.3, -0.25) is 9.80 Å². The third-order valence-electron chi connectivity index (χ3n) is 3.49. The largest absolute Gasteiger partial charge is 0.447 e. The number of aryl methyl sites for hydroxylation is 1. The lowest BCUT2D eigenvalue weighted by Crippen LogP contribution is -2.51. The zero-order chi connectivity index (χ0) is 11.8. The Labute approximate surface area is 99.8 Å². The number of hydrogen-bond acceptors (Lipinski definition) is 4. The van der Waals surface area contributed by atoms with Crippen LogP contribution >= 0.6 is 0 Å². The molecule has 3 rings (SSSR count). The summed E-state index contributed by atoms with van der Waals surface area (Å²) in [6.45, 7) is 3.88. The van der Waals surface area contributed by atoms with E-state index in [9.17, 15) is 4.79 Å². The van der Waals surface area contributed by atoms with E-state index in [1.807, 2.05) is 28.9 Å². The normalized spacial score (nSPS) is 24.9. The van der Waals surface area contributed by atoms with Crippen LogP contribution in [-0.2, 0) is 18.3 Å². The predicted molar refractivity (Wildman–Crippen MR) is 60.3 cm³/mol. The van der Waals surface area contributed by atoms with Gasteiger partial charge in [0, 0.05) is 39.1 Å². The van der Waals surface area contributed by atoms with Crippen molar-refractivity contribution in [3.8, 4) is 0 Å². The number of cyclic esters (lactones) is 1. The highest BCUT2D eigenvalue weighted by atomic mass is 16.6. The molecule has 2 aliphatic heterocycles. The molecule has 0 aliphatic carbocycles. The maximum atomic E-state index is 11.4. The predicted octanol–water partition coefficient (Wildman–Crippen LogP) is 0.0565. The van der Waals surface area contributed by atoms with Gasteiger partial charge in [-0.1, -0.05) is 0 Å². The number of aromatic nitrogens is 2. The van der Waals surface area contributed by atoms with Crippen LogP contribution < -0.4 is 0 Å². The van der Waals surface area contributed by atoms with Gasteiger partial charge in [-0.2, -0.15) is 0 Å². The van der Waals surface area contributed by atoms with Crippen molar-refractivity contribution in [2.45, 2.75) is 12.6 Å². The Balaban J connectivity index is 1.64. The lowest BCUT2D eigenvalue weighted by Gasteiger charge is -2.34. The Hall–Kier alpha value is -1.56. The summed E-state index contributed by atoms with van der Waals surface area (Å²) < 4.78 is 7.08. The number of hydrogen-bond donors (Lipinski definition) is 0. The van der Waals surface area contributed by atoms with Crippen LogP contribution in [0.3, 0.4) is 0 Å². The van der Waals surface area contributed by atoms with Crippen molar-refractivity contribution in [2.75, 3.05) is 26.2 Å². The molecule has 0 N–H and O–H groups in total. The first kappa shape index (κ1) is 10.6. The number of piperazine rings is 1. The number of carbonyl (C=O) groups is 1. The van der Waals surface area contributed by atoms with Crippen LogP contribution in [0.25, 0.3) is 0 Å². The summed E-state index contributed by atoms with van der Waals surface area (Å²) >= 11 is 0. The molecule has 2 saturated heterocycles. The van der Waals surface area contributed by atoms with E-state index in [4.69, 9.17) is 4.74 Å². The molecular formula is C11H16N4O2. The van der Waals surface area contributed by atoms with E-state index in [0.717, 1.165) is 32.0 Å². The molecule has 1 aromatic rings. The maximum Gasteiger partial charge on any atom is 0.410 e. The van der Waals surface area contributed by atoms with Gasteiger partial charge in [0.25, 0.3) is 0 Å². The summed E-state index contributed by atoms with van der Waals surface area (Å²) in [5.74, 6) is 1.06. The van der Waals surface area contributed by atoms with Crippen molar-refractivity contribution in [1.82, 2.24) is 19.4 Å². The summed E-state index contributed by atoms with van der Waals surface area (Å²) in [6, 6.07) is 0.219. The van der Waals surface area contributed by atoms with Gasteiger partial charge in [-0.25, -0.2) is 9.78 Å². The Morgan fingerprint density at radius 2 is 2.41 bits per heavy atom. The third-order valence-corrected chi connectivity index (χ3v) is 3.49. The fourth-order valence-corrected chi connectivity index (χ4v) is 2.45. The van der Waals surface area contributed by atoms with E-state index in [-0.39, 0.29) is 12.1 Å². The van der Waals surface area contributed by atoms with Crippen molar-refractivity contribution < 1.29 is 9.53 Å². The van der Waals surface area contributed by atoms with Crippen molar-refractivity contribution in [3.63, 3.8) is 0 Å². The number of amides is 1. The van der Waals surface area contributed by atoms with Crippen LogP contribution in [-0.4, -0.2) is 57.7 Å². The fraction of sp³-hybridized carbons (Fsp3) is 0.636. The molecule has 0 aromatic carbocycles. The number of nitrogens with zero attached hydrogens (tertiary/aromatic N) is 4. The van der Waals surface area contributed by atoms with Gasteiger partial charge < -0.3 is 9.30 Å². The average Bonchev–Trinajstić information content (AvgIpc) is 2.87. The number of rotatable bonds is 2. The number of ether oxygens (including phenoxy) is 1. The van der Waals surface area contributed by atoms with Crippen molar-refractivity contribution in [1.29, 1.82) is 0 Å². The Morgan fingerprint density at radius 1 is 1.53 bits per heavy atom. The smallest absolute Gasteiger partial charge is 0.410 e. The van der Waals surface area contributed by atoms with Gasteiger partial charge in [-0.15, -0.1) is 0 Å². The zero-order valence-electron chi connectivity index (χ0n) is 9.87. The van der Waals surface area contributed by atoms with E-state index in [2.05, 4.69) is 9.88 Å². The topological polar surface area (TPSA) is 50.6 Å². The molecule has 0 unspecified atom stereocenters. The molecule has 0 radical (unpaired) electrons. The molecule has 2 fully saturated rings. The first-order valence-electron chi connectivity index (χ1n) is 5.86. The molecule has 1 atom stereocenters. The Morgan fingerprint density at radius 3 is 3.18 bits per heavy atom. The van der Waals surface area contributed by atoms with Gasteiger partial charge in [0.2, 0.25) is 0 Å². The highest BCUT2D eigenvalue weighted by molar-refractivity contribution is 5.70. The number of imidazole rings is 1. The van der Waals surface area contributed by atoms with E-state index in [0.29, 0.717) is 6.61 Å². The fourth-order valence-electron chi connectivity index (χ4n) is 2.45. The van der Waals surface area contributed by atoms with E-state index in [1.165, 1.54) is 0 Å². The summed E-state index contributed by atoms with van der Waals surface area (Å²) in [4.78, 5) is 19.8. The standard InChI is InChI=1S/C11H16N4O2/c1-13-3-2-12-10(13)7-14-4-5-15-9(6-14)8-17-11(15)16/h2-3,9H,4-8H2,1H3/t9-/m0/s1. The molecule has 6 nitrogen and oxygen atoms in total. The van der Waals surface area contributed by atoms with Gasteiger partial charge in [0.1, 0.15) is 12.4 Å². The Bertz CT molecular complexity index is 431. The van der Waals surface area contributed by atoms with E-state index < -0.39 is 0 Å². The first-order valence-corrected chi connectivity index (χ1v) is 5.86. The van der Waals surface area contributed by atoms with Crippen molar-refractivity contribution >= 4 is 6.09 Å². The minimum atomic E-state index is -0.161. The van der Waals surface area contributed by atoms with Gasteiger partial charge >= 0.3 is 6.09 Å². The maximum absolute atomic E-state index is 11.4. The van der Waals surface area contributed by atoms with E-state index >= 15 is 0 Å². The van der Waals surface area contributed by atoms with Crippen LogP contribution in [0.2, 0.25) is 0 Å². The Kier molecular flexibility index (Phi) is 2.51. The molecule has 1 aromatic heterocycles. The van der Waals surface area contributed by atoms with E-state index in [1.54, 1.807) is 0 Å². The highest BCUT2D eigenvalue weighted by Crippen LogP contribution is 2.18. The second kappa shape index (κ2) is 4.03. The summed E-state index contributed by atoms with van der Waals surface area (Å²) in [7, 11) is 2.00. The van der Waals surface area contributed by atoms with Gasteiger partial charge in [0.05, 0.1) is 12.6 Å². The van der Waals surface area contributed by atoms with Crippen LogP contribution in [0.15, 0.2) is 12.4 Å². The highest BCUT2D eigenvalue weighted by Gasteiger charge is 2.37.